The number of aromatic amines is 1. The van der Waals surface area contributed by atoms with Gasteiger partial charge in [-0.15, -0.1) is 0 Å². The zero-order chi connectivity index (χ0) is 13.7. The first kappa shape index (κ1) is 13.4. The molecule has 0 saturated heterocycles. The number of nitrogens with one attached hydrogen (secondary N) is 3. The molecule has 1 heterocycles. The molecule has 19 heavy (non-hydrogen) atoms. The zero-order valence-electron chi connectivity index (χ0n) is 11.2. The largest absolute Gasteiger partial charge is 0.351 e. The third-order valence-electron chi connectivity index (χ3n) is 3.08. The minimum atomic E-state index is -0.0794. The maximum atomic E-state index is 11.9. The van der Waals surface area contributed by atoms with E-state index in [4.69, 9.17) is 0 Å². The second-order valence-corrected chi connectivity index (χ2v) is 4.55. The fraction of sp³-hybridized carbons (Fsp3) is 0.267. The Bertz CT molecular complexity index is 533. The van der Waals surface area contributed by atoms with Crippen molar-refractivity contribution in [3.8, 4) is 11.3 Å². The number of carbonyl (C=O) groups excluding carboxylic acids is 1. The van der Waals surface area contributed by atoms with Crippen molar-refractivity contribution >= 4 is 5.91 Å². The van der Waals surface area contributed by atoms with Gasteiger partial charge in [-0.05, 0) is 31.7 Å². The van der Waals surface area contributed by atoms with E-state index in [0.29, 0.717) is 12.2 Å². The molecule has 0 spiro atoms. The molecule has 0 saturated carbocycles. The average Bonchev–Trinajstić information content (AvgIpc) is 2.95. The molecule has 2 rings (SSSR count). The van der Waals surface area contributed by atoms with Crippen molar-refractivity contribution in [2.24, 2.45) is 0 Å². The van der Waals surface area contributed by atoms with Crippen LogP contribution in [0, 0.1) is 0 Å². The molecule has 1 aromatic heterocycles. The first-order valence-electron chi connectivity index (χ1n) is 6.40. The molecule has 4 nitrogen and oxygen atoms in total. The standard InChI is InChI=1S/C15H19N3O/c1-11(16-2)10-17-15(19)14-9-8-13(18-14)12-6-4-3-5-7-12/h3-9,11,16,18H,10H2,1-2H3,(H,17,19). The second kappa shape index (κ2) is 6.20. The van der Waals surface area contributed by atoms with Gasteiger partial charge >= 0.3 is 0 Å². The van der Waals surface area contributed by atoms with Gasteiger partial charge in [-0.3, -0.25) is 4.79 Å². The highest BCUT2D eigenvalue weighted by Gasteiger charge is 2.09. The fourth-order valence-electron chi connectivity index (χ4n) is 1.76. The summed E-state index contributed by atoms with van der Waals surface area (Å²) < 4.78 is 0. The monoisotopic (exact) mass is 257 g/mol. The maximum absolute atomic E-state index is 11.9. The van der Waals surface area contributed by atoms with E-state index < -0.39 is 0 Å². The summed E-state index contributed by atoms with van der Waals surface area (Å²) in [5, 5.41) is 5.96. The molecule has 0 aliphatic carbocycles. The van der Waals surface area contributed by atoms with Gasteiger partial charge in [-0.1, -0.05) is 30.3 Å². The Labute approximate surface area is 113 Å². The Balaban J connectivity index is 2.03. The molecule has 0 aliphatic heterocycles. The molecule has 4 heteroatoms. The van der Waals surface area contributed by atoms with E-state index in [-0.39, 0.29) is 11.9 Å². The van der Waals surface area contributed by atoms with Crippen molar-refractivity contribution in [3.05, 3.63) is 48.2 Å². The quantitative estimate of drug-likeness (QED) is 0.767. The van der Waals surface area contributed by atoms with E-state index in [1.165, 1.54) is 0 Å². The van der Waals surface area contributed by atoms with E-state index >= 15 is 0 Å². The van der Waals surface area contributed by atoms with E-state index in [1.807, 2.05) is 56.4 Å². The molecule has 1 amide bonds. The minimum absolute atomic E-state index is 0.0794. The van der Waals surface area contributed by atoms with Gasteiger partial charge < -0.3 is 15.6 Å². The summed E-state index contributed by atoms with van der Waals surface area (Å²) in [6, 6.07) is 13.9. The number of carbonyl (C=O) groups is 1. The summed E-state index contributed by atoms with van der Waals surface area (Å²) in [6.07, 6.45) is 0. The Morgan fingerprint density at radius 3 is 2.63 bits per heavy atom. The first-order chi connectivity index (χ1) is 9.20. The number of hydrogen-bond donors (Lipinski definition) is 3. The lowest BCUT2D eigenvalue weighted by Crippen LogP contribution is -2.37. The number of rotatable bonds is 5. The molecule has 1 atom stereocenters. The Morgan fingerprint density at radius 2 is 1.95 bits per heavy atom. The van der Waals surface area contributed by atoms with Gasteiger partial charge in [-0.2, -0.15) is 0 Å². The van der Waals surface area contributed by atoms with Gasteiger partial charge in [-0.25, -0.2) is 0 Å². The van der Waals surface area contributed by atoms with E-state index in [0.717, 1.165) is 11.3 Å². The summed E-state index contributed by atoms with van der Waals surface area (Å²) in [5.74, 6) is -0.0794. The van der Waals surface area contributed by atoms with Gasteiger partial charge in [0.15, 0.2) is 0 Å². The van der Waals surface area contributed by atoms with Crippen molar-refractivity contribution in [1.29, 1.82) is 0 Å². The van der Waals surface area contributed by atoms with Crippen LogP contribution in [0.4, 0.5) is 0 Å². The van der Waals surface area contributed by atoms with Crippen LogP contribution >= 0.6 is 0 Å². The summed E-state index contributed by atoms with van der Waals surface area (Å²) >= 11 is 0. The van der Waals surface area contributed by atoms with E-state index in [2.05, 4.69) is 15.6 Å². The van der Waals surface area contributed by atoms with E-state index in [1.54, 1.807) is 0 Å². The predicted octanol–water partition coefficient (Wildman–Crippen LogP) is 2.02. The third kappa shape index (κ3) is 3.45. The Morgan fingerprint density at radius 1 is 1.21 bits per heavy atom. The molecule has 100 valence electrons. The zero-order valence-corrected chi connectivity index (χ0v) is 11.2. The lowest BCUT2D eigenvalue weighted by Gasteiger charge is -2.10. The number of benzene rings is 1. The van der Waals surface area contributed by atoms with Gasteiger partial charge in [0.1, 0.15) is 5.69 Å². The van der Waals surface area contributed by atoms with Crippen molar-refractivity contribution < 1.29 is 4.79 Å². The lowest BCUT2D eigenvalue weighted by molar-refractivity contribution is 0.0946. The average molecular weight is 257 g/mol. The number of likely N-dealkylation sites (N-methyl/N-ethyl adjacent to an activating group) is 1. The van der Waals surface area contributed by atoms with Gasteiger partial charge in [0, 0.05) is 18.3 Å². The predicted molar refractivity (Wildman–Crippen MR) is 77.1 cm³/mol. The smallest absolute Gasteiger partial charge is 0.267 e. The van der Waals surface area contributed by atoms with Gasteiger partial charge in [0.05, 0.1) is 0 Å². The molecule has 0 fully saturated rings. The van der Waals surface area contributed by atoms with Crippen LogP contribution in [0.15, 0.2) is 42.5 Å². The number of H-pyrrole nitrogens is 1. The van der Waals surface area contributed by atoms with Crippen molar-refractivity contribution in [2.75, 3.05) is 13.6 Å². The maximum Gasteiger partial charge on any atom is 0.267 e. The summed E-state index contributed by atoms with van der Waals surface area (Å²) in [4.78, 5) is 15.1. The first-order valence-corrected chi connectivity index (χ1v) is 6.40. The normalized spacial score (nSPS) is 12.1. The van der Waals surface area contributed by atoms with Crippen LogP contribution in [-0.4, -0.2) is 30.5 Å². The highest BCUT2D eigenvalue weighted by molar-refractivity contribution is 5.93. The minimum Gasteiger partial charge on any atom is -0.351 e. The van der Waals surface area contributed by atoms with Crippen LogP contribution in [-0.2, 0) is 0 Å². The van der Waals surface area contributed by atoms with Gasteiger partial charge in [0.2, 0.25) is 0 Å². The van der Waals surface area contributed by atoms with Crippen molar-refractivity contribution in [1.82, 2.24) is 15.6 Å². The third-order valence-corrected chi connectivity index (χ3v) is 3.08. The SMILES string of the molecule is CNC(C)CNC(=O)c1ccc(-c2ccccc2)[nH]1. The molecule has 1 unspecified atom stereocenters. The molecular weight excluding hydrogens is 238 g/mol. The summed E-state index contributed by atoms with van der Waals surface area (Å²) in [7, 11) is 1.87. The molecule has 0 bridgehead atoms. The molecule has 1 aromatic carbocycles. The lowest BCUT2D eigenvalue weighted by atomic mass is 10.2. The molecular formula is C15H19N3O. The molecule has 2 aromatic rings. The molecule has 0 aliphatic rings. The van der Waals surface area contributed by atoms with Crippen molar-refractivity contribution in [2.45, 2.75) is 13.0 Å². The number of amides is 1. The summed E-state index contributed by atoms with van der Waals surface area (Å²) in [5.41, 5.74) is 2.61. The molecule has 3 N–H and O–H groups in total. The number of aromatic nitrogens is 1. The van der Waals surface area contributed by atoms with Crippen LogP contribution in [0.1, 0.15) is 17.4 Å². The summed E-state index contributed by atoms with van der Waals surface area (Å²) in [6.45, 7) is 2.62. The van der Waals surface area contributed by atoms with Crippen LogP contribution in [0.3, 0.4) is 0 Å². The highest BCUT2D eigenvalue weighted by atomic mass is 16.1. The van der Waals surface area contributed by atoms with Crippen LogP contribution in [0.5, 0.6) is 0 Å². The number of hydrogen-bond acceptors (Lipinski definition) is 2. The van der Waals surface area contributed by atoms with Crippen LogP contribution in [0.2, 0.25) is 0 Å². The van der Waals surface area contributed by atoms with Crippen LogP contribution < -0.4 is 10.6 Å². The van der Waals surface area contributed by atoms with Crippen LogP contribution in [0.25, 0.3) is 11.3 Å². The highest BCUT2D eigenvalue weighted by Crippen LogP contribution is 2.17. The van der Waals surface area contributed by atoms with Crippen molar-refractivity contribution in [3.63, 3.8) is 0 Å². The fourth-order valence-corrected chi connectivity index (χ4v) is 1.76. The Kier molecular flexibility index (Phi) is 4.36. The second-order valence-electron chi connectivity index (χ2n) is 4.55. The Hall–Kier alpha value is -2.07. The van der Waals surface area contributed by atoms with Gasteiger partial charge in [0.25, 0.3) is 5.91 Å². The topological polar surface area (TPSA) is 56.9 Å². The molecule has 0 radical (unpaired) electrons. The van der Waals surface area contributed by atoms with E-state index in [9.17, 15) is 4.79 Å².